The molecule has 3 atom stereocenters. The molecule has 2 aliphatic rings. The van der Waals surface area contributed by atoms with E-state index in [9.17, 15) is 9.59 Å². The van der Waals surface area contributed by atoms with Crippen molar-refractivity contribution in [1.82, 2.24) is 5.32 Å². The van der Waals surface area contributed by atoms with E-state index in [1.165, 1.54) is 0 Å². The van der Waals surface area contributed by atoms with Crippen LogP contribution in [0.3, 0.4) is 0 Å². The topological polar surface area (TPSA) is 83.1 Å². The standard InChI is InChI=1S/C14H15NO6/c16-11-8-18-12-10(7-19-13(12)21-11)20-14(17)15-6-9-4-2-1-3-5-9/h1-5,10,12-13H,6-8H2,(H,15,17)/t10-,12+,13+/m0/s1. The van der Waals surface area contributed by atoms with E-state index in [1.807, 2.05) is 30.3 Å². The van der Waals surface area contributed by atoms with Crippen LogP contribution in [0.15, 0.2) is 30.3 Å². The van der Waals surface area contributed by atoms with Crippen molar-refractivity contribution in [3.05, 3.63) is 35.9 Å². The lowest BCUT2D eigenvalue weighted by Gasteiger charge is -2.26. The Labute approximate surface area is 121 Å². The van der Waals surface area contributed by atoms with E-state index in [4.69, 9.17) is 18.9 Å². The molecule has 1 N–H and O–H groups in total. The van der Waals surface area contributed by atoms with E-state index < -0.39 is 30.6 Å². The Morgan fingerprint density at radius 2 is 2.10 bits per heavy atom. The van der Waals surface area contributed by atoms with Crippen molar-refractivity contribution in [1.29, 1.82) is 0 Å². The highest BCUT2D eigenvalue weighted by Gasteiger charge is 2.46. The Morgan fingerprint density at radius 1 is 1.29 bits per heavy atom. The second-order valence-corrected chi connectivity index (χ2v) is 4.75. The smallest absolute Gasteiger partial charge is 0.407 e. The largest absolute Gasteiger partial charge is 0.441 e. The third-order valence-electron chi connectivity index (χ3n) is 3.24. The van der Waals surface area contributed by atoms with Crippen LogP contribution in [0.5, 0.6) is 0 Å². The maximum atomic E-state index is 11.8. The van der Waals surface area contributed by atoms with Crippen LogP contribution in [0.4, 0.5) is 4.79 Å². The summed E-state index contributed by atoms with van der Waals surface area (Å²) in [5, 5.41) is 2.65. The highest BCUT2D eigenvalue weighted by atomic mass is 16.8. The zero-order valence-electron chi connectivity index (χ0n) is 11.2. The van der Waals surface area contributed by atoms with Crippen LogP contribution in [0.1, 0.15) is 5.56 Å². The molecule has 0 aliphatic carbocycles. The number of alkyl carbamates (subject to hydrolysis) is 1. The number of ether oxygens (including phenoxy) is 4. The SMILES string of the molecule is O=C1CO[C@H]2[C@H](OC[C@@H]2OC(=O)NCc2ccccc2)O1. The summed E-state index contributed by atoms with van der Waals surface area (Å²) < 4.78 is 20.7. The molecule has 2 saturated heterocycles. The number of carbonyl (C=O) groups excluding carboxylic acids is 2. The summed E-state index contributed by atoms with van der Waals surface area (Å²) in [5.41, 5.74) is 0.970. The van der Waals surface area contributed by atoms with Crippen molar-refractivity contribution in [2.24, 2.45) is 0 Å². The molecule has 2 fully saturated rings. The van der Waals surface area contributed by atoms with Gasteiger partial charge in [-0.15, -0.1) is 0 Å². The fourth-order valence-corrected chi connectivity index (χ4v) is 2.22. The molecule has 3 rings (SSSR count). The fraction of sp³-hybridized carbons (Fsp3) is 0.429. The lowest BCUT2D eigenvalue weighted by Crippen LogP contribution is -2.45. The molecule has 0 aromatic heterocycles. The van der Waals surface area contributed by atoms with E-state index in [2.05, 4.69) is 5.32 Å². The zero-order chi connectivity index (χ0) is 14.7. The average Bonchev–Trinajstić information content (AvgIpc) is 2.88. The molecule has 2 heterocycles. The third kappa shape index (κ3) is 3.32. The summed E-state index contributed by atoms with van der Waals surface area (Å²) in [4.78, 5) is 22.8. The van der Waals surface area contributed by atoms with Crippen LogP contribution < -0.4 is 5.32 Å². The van der Waals surface area contributed by atoms with Gasteiger partial charge in [-0.25, -0.2) is 9.59 Å². The normalized spacial score (nSPS) is 27.6. The van der Waals surface area contributed by atoms with Crippen molar-refractivity contribution in [3.63, 3.8) is 0 Å². The molecule has 7 heteroatoms. The zero-order valence-corrected chi connectivity index (χ0v) is 11.2. The van der Waals surface area contributed by atoms with Crippen molar-refractivity contribution in [2.75, 3.05) is 13.2 Å². The number of rotatable bonds is 3. The molecular weight excluding hydrogens is 278 g/mol. The second-order valence-electron chi connectivity index (χ2n) is 4.75. The molecule has 21 heavy (non-hydrogen) atoms. The molecule has 0 spiro atoms. The summed E-state index contributed by atoms with van der Waals surface area (Å²) in [5.74, 6) is -0.481. The minimum absolute atomic E-state index is 0.140. The molecule has 7 nitrogen and oxygen atoms in total. The predicted molar refractivity (Wildman–Crippen MR) is 69.1 cm³/mol. The minimum Gasteiger partial charge on any atom is -0.441 e. The van der Waals surface area contributed by atoms with Crippen molar-refractivity contribution < 1.29 is 28.5 Å². The lowest BCUT2D eigenvalue weighted by atomic mass is 10.2. The third-order valence-corrected chi connectivity index (χ3v) is 3.24. The summed E-state index contributed by atoms with van der Waals surface area (Å²) in [6.45, 7) is 0.356. The van der Waals surface area contributed by atoms with Gasteiger partial charge in [-0.2, -0.15) is 0 Å². The molecule has 0 radical (unpaired) electrons. The number of benzene rings is 1. The van der Waals surface area contributed by atoms with Gasteiger partial charge in [0.15, 0.2) is 12.2 Å². The average molecular weight is 293 g/mol. The predicted octanol–water partition coefficient (Wildman–Crippen LogP) is 0.580. The Balaban J connectivity index is 1.48. The number of hydrogen-bond acceptors (Lipinski definition) is 6. The summed E-state index contributed by atoms with van der Waals surface area (Å²) >= 11 is 0. The molecule has 0 bridgehead atoms. The first-order valence-electron chi connectivity index (χ1n) is 6.63. The van der Waals surface area contributed by atoms with Crippen LogP contribution in [0.25, 0.3) is 0 Å². The van der Waals surface area contributed by atoms with Crippen LogP contribution in [-0.2, 0) is 30.3 Å². The number of esters is 1. The first-order chi connectivity index (χ1) is 10.2. The van der Waals surface area contributed by atoms with Gasteiger partial charge in [0.25, 0.3) is 0 Å². The van der Waals surface area contributed by atoms with Gasteiger partial charge < -0.3 is 24.3 Å². The monoisotopic (exact) mass is 293 g/mol. The number of amides is 1. The van der Waals surface area contributed by atoms with Gasteiger partial charge in [0.1, 0.15) is 6.61 Å². The molecular formula is C14H15NO6. The van der Waals surface area contributed by atoms with E-state index in [0.29, 0.717) is 6.54 Å². The van der Waals surface area contributed by atoms with Crippen LogP contribution >= 0.6 is 0 Å². The highest BCUT2D eigenvalue weighted by molar-refractivity contribution is 5.71. The van der Waals surface area contributed by atoms with Crippen molar-refractivity contribution in [2.45, 2.75) is 25.0 Å². The molecule has 1 amide bonds. The van der Waals surface area contributed by atoms with Gasteiger partial charge in [-0.3, -0.25) is 0 Å². The maximum absolute atomic E-state index is 11.8. The lowest BCUT2D eigenvalue weighted by molar-refractivity contribution is -0.217. The van der Waals surface area contributed by atoms with Gasteiger partial charge in [0, 0.05) is 6.54 Å². The molecule has 1 aromatic carbocycles. The quantitative estimate of drug-likeness (QED) is 0.821. The van der Waals surface area contributed by atoms with Crippen LogP contribution in [0, 0.1) is 0 Å². The molecule has 112 valence electrons. The van der Waals surface area contributed by atoms with E-state index >= 15 is 0 Å². The van der Waals surface area contributed by atoms with Gasteiger partial charge in [-0.05, 0) is 5.56 Å². The Bertz CT molecular complexity index is 519. The first-order valence-corrected chi connectivity index (χ1v) is 6.63. The Morgan fingerprint density at radius 3 is 2.90 bits per heavy atom. The maximum Gasteiger partial charge on any atom is 0.407 e. The molecule has 2 aliphatic heterocycles. The summed E-state index contributed by atoms with van der Waals surface area (Å²) in [6, 6.07) is 9.49. The van der Waals surface area contributed by atoms with E-state index in [0.717, 1.165) is 5.56 Å². The number of nitrogens with one attached hydrogen (secondary N) is 1. The summed E-state index contributed by atoms with van der Waals surface area (Å²) in [7, 11) is 0. The number of hydrogen-bond donors (Lipinski definition) is 1. The van der Waals surface area contributed by atoms with Gasteiger partial charge in [0.2, 0.25) is 6.29 Å². The van der Waals surface area contributed by atoms with Crippen LogP contribution in [-0.4, -0.2) is 43.8 Å². The van der Waals surface area contributed by atoms with Crippen molar-refractivity contribution >= 4 is 12.1 Å². The Kier molecular flexibility index (Phi) is 4.03. The van der Waals surface area contributed by atoms with Crippen LogP contribution in [0.2, 0.25) is 0 Å². The van der Waals surface area contributed by atoms with E-state index in [1.54, 1.807) is 0 Å². The minimum atomic E-state index is -0.793. The molecule has 0 unspecified atom stereocenters. The highest BCUT2D eigenvalue weighted by Crippen LogP contribution is 2.24. The fourth-order valence-electron chi connectivity index (χ4n) is 2.22. The van der Waals surface area contributed by atoms with Gasteiger partial charge in [0.05, 0.1) is 6.61 Å². The molecule has 1 aromatic rings. The molecule has 0 saturated carbocycles. The van der Waals surface area contributed by atoms with Gasteiger partial charge in [-0.1, -0.05) is 30.3 Å². The number of fused-ring (bicyclic) bond motifs is 1. The van der Waals surface area contributed by atoms with E-state index in [-0.39, 0.29) is 13.2 Å². The summed E-state index contributed by atoms with van der Waals surface area (Å²) in [6.07, 6.45) is -2.50. The second kappa shape index (κ2) is 6.11. The number of carbonyl (C=O) groups is 2. The van der Waals surface area contributed by atoms with Gasteiger partial charge >= 0.3 is 12.1 Å². The van der Waals surface area contributed by atoms with Crippen molar-refractivity contribution in [3.8, 4) is 0 Å². The Hall–Kier alpha value is -2.12. The first kappa shape index (κ1) is 13.8.